The van der Waals surface area contributed by atoms with Gasteiger partial charge in [0.2, 0.25) is 5.88 Å². The van der Waals surface area contributed by atoms with E-state index in [9.17, 15) is 14.4 Å². The van der Waals surface area contributed by atoms with E-state index in [-0.39, 0.29) is 40.1 Å². The zero-order chi connectivity index (χ0) is 22.7. The number of halogens is 2. The number of hydrogen-bond donors (Lipinski definition) is 1. The van der Waals surface area contributed by atoms with Crippen molar-refractivity contribution in [2.45, 2.75) is 5.92 Å². The van der Waals surface area contributed by atoms with Gasteiger partial charge in [-0.05, 0) is 30.3 Å². The summed E-state index contributed by atoms with van der Waals surface area (Å²) >= 11 is 6.25. The van der Waals surface area contributed by atoms with Gasteiger partial charge in [0.05, 0.1) is 5.92 Å². The maximum atomic E-state index is 14.7. The van der Waals surface area contributed by atoms with Crippen LogP contribution in [0.5, 0.6) is 17.2 Å². The van der Waals surface area contributed by atoms with Crippen LogP contribution in [0.3, 0.4) is 0 Å². The molecule has 1 atom stereocenters. The van der Waals surface area contributed by atoms with Gasteiger partial charge < -0.3 is 19.9 Å². The lowest BCUT2D eigenvalue weighted by atomic mass is 9.83. The summed E-state index contributed by atoms with van der Waals surface area (Å²) < 4.78 is 30.9. The smallest absolute Gasteiger partial charge is 0.349 e. The topological polar surface area (TPSA) is 94.6 Å². The Morgan fingerprint density at radius 2 is 1.91 bits per heavy atom. The zero-order valence-electron chi connectivity index (χ0n) is 16.5. The first kappa shape index (κ1) is 21.2. The van der Waals surface area contributed by atoms with E-state index in [0.29, 0.717) is 11.3 Å². The highest BCUT2D eigenvalue weighted by molar-refractivity contribution is 6.31. The normalized spacial score (nSPS) is 14.7. The van der Waals surface area contributed by atoms with Crippen LogP contribution in [-0.2, 0) is 4.79 Å². The number of nitrogens with zero attached hydrogens (tertiary/aromatic N) is 1. The number of carbonyl (C=O) groups excluding carboxylic acids is 1. The van der Waals surface area contributed by atoms with Gasteiger partial charge in [-0.15, -0.1) is 0 Å². The Hall–Kier alpha value is -4.02. The molecule has 160 valence electrons. The molecular weight excluding hydrogens is 435 g/mol. The van der Waals surface area contributed by atoms with Gasteiger partial charge >= 0.3 is 5.97 Å². The summed E-state index contributed by atoms with van der Waals surface area (Å²) in [7, 11) is 0. The van der Waals surface area contributed by atoms with Crippen LogP contribution in [0.4, 0.5) is 4.39 Å². The number of para-hydroxylation sites is 1. The van der Waals surface area contributed by atoms with Gasteiger partial charge in [-0.2, -0.15) is 5.26 Å². The Morgan fingerprint density at radius 3 is 2.62 bits per heavy atom. The first-order valence-electron chi connectivity index (χ1n) is 9.52. The Labute approximate surface area is 188 Å². The summed E-state index contributed by atoms with van der Waals surface area (Å²) in [5.41, 5.74) is 6.54. The molecule has 3 aromatic rings. The Bertz CT molecular complexity index is 1230. The number of allylic oxidation sites excluding steroid dienone is 1. The summed E-state index contributed by atoms with van der Waals surface area (Å²) in [4.78, 5) is 12.2. The van der Waals surface area contributed by atoms with Crippen LogP contribution < -0.4 is 19.9 Å². The maximum absolute atomic E-state index is 14.7. The average Bonchev–Trinajstić information content (AvgIpc) is 2.78. The third-order valence-corrected chi connectivity index (χ3v) is 5.14. The number of benzene rings is 3. The van der Waals surface area contributed by atoms with E-state index in [0.717, 1.165) is 0 Å². The number of carbonyl (C=O) groups is 1. The predicted molar refractivity (Wildman–Crippen MR) is 115 cm³/mol. The molecule has 32 heavy (non-hydrogen) atoms. The van der Waals surface area contributed by atoms with E-state index >= 15 is 0 Å². The lowest BCUT2D eigenvalue weighted by Crippen LogP contribution is -2.22. The van der Waals surface area contributed by atoms with Crippen LogP contribution in [-0.4, -0.2) is 12.6 Å². The second-order valence-electron chi connectivity index (χ2n) is 6.84. The second-order valence-corrected chi connectivity index (χ2v) is 7.24. The molecule has 0 saturated carbocycles. The highest BCUT2D eigenvalue weighted by Gasteiger charge is 2.34. The molecule has 3 aromatic carbocycles. The van der Waals surface area contributed by atoms with Crippen LogP contribution in [0.1, 0.15) is 17.0 Å². The van der Waals surface area contributed by atoms with Gasteiger partial charge in [0.15, 0.2) is 6.61 Å². The van der Waals surface area contributed by atoms with Gasteiger partial charge in [-0.25, -0.2) is 9.18 Å². The summed E-state index contributed by atoms with van der Waals surface area (Å²) in [5.74, 6) is -1.32. The van der Waals surface area contributed by atoms with E-state index in [2.05, 4.69) is 0 Å². The standard InChI is InChI=1S/C24H16ClFN2O4/c25-18-7-4-8-19(26)23(18)22-16-10-9-15(11-20(16)32-24(28)17(22)12-27)31-21(29)13-30-14-5-2-1-3-6-14/h1-11,22H,13,28H2. The lowest BCUT2D eigenvalue weighted by molar-refractivity contribution is -0.136. The van der Waals surface area contributed by atoms with Crippen molar-refractivity contribution < 1.29 is 23.4 Å². The van der Waals surface area contributed by atoms with E-state index in [1.807, 2.05) is 12.1 Å². The molecule has 0 saturated heterocycles. The summed E-state index contributed by atoms with van der Waals surface area (Å²) in [6, 6.07) is 19.6. The number of nitriles is 1. The third kappa shape index (κ3) is 4.22. The third-order valence-electron chi connectivity index (χ3n) is 4.81. The summed E-state index contributed by atoms with van der Waals surface area (Å²) in [5, 5.41) is 9.76. The van der Waals surface area contributed by atoms with Crippen molar-refractivity contribution in [3.8, 4) is 23.3 Å². The molecule has 6 nitrogen and oxygen atoms in total. The number of fused-ring (bicyclic) bond motifs is 1. The van der Waals surface area contributed by atoms with Crippen molar-refractivity contribution >= 4 is 17.6 Å². The van der Waals surface area contributed by atoms with Crippen molar-refractivity contribution in [2.24, 2.45) is 5.73 Å². The van der Waals surface area contributed by atoms with E-state index in [1.165, 1.54) is 30.3 Å². The second kappa shape index (κ2) is 9.00. The lowest BCUT2D eigenvalue weighted by Gasteiger charge is -2.27. The van der Waals surface area contributed by atoms with Gasteiger partial charge in [-0.3, -0.25) is 0 Å². The molecule has 1 heterocycles. The van der Waals surface area contributed by atoms with Gasteiger partial charge in [0.25, 0.3) is 0 Å². The molecule has 1 unspecified atom stereocenters. The van der Waals surface area contributed by atoms with Gasteiger partial charge in [0, 0.05) is 22.2 Å². The monoisotopic (exact) mass is 450 g/mol. The molecule has 0 radical (unpaired) electrons. The Kier molecular flexibility index (Phi) is 5.97. The summed E-state index contributed by atoms with van der Waals surface area (Å²) in [6.45, 7) is -0.296. The highest BCUT2D eigenvalue weighted by atomic mass is 35.5. The number of hydrogen-bond acceptors (Lipinski definition) is 6. The molecule has 0 spiro atoms. The molecule has 1 aliphatic heterocycles. The van der Waals surface area contributed by atoms with Crippen LogP contribution in [0.15, 0.2) is 78.2 Å². The fraction of sp³-hybridized carbons (Fsp3) is 0.0833. The zero-order valence-corrected chi connectivity index (χ0v) is 17.3. The fourth-order valence-corrected chi connectivity index (χ4v) is 3.67. The molecular formula is C24H16ClFN2O4. The molecule has 2 N–H and O–H groups in total. The minimum absolute atomic E-state index is 0.0329. The first-order chi connectivity index (χ1) is 15.5. The average molecular weight is 451 g/mol. The van der Waals surface area contributed by atoms with Crippen molar-refractivity contribution in [3.63, 3.8) is 0 Å². The number of ether oxygens (including phenoxy) is 3. The van der Waals surface area contributed by atoms with Crippen LogP contribution >= 0.6 is 11.6 Å². The number of nitrogens with two attached hydrogens (primary N) is 1. The molecule has 1 aliphatic rings. The van der Waals surface area contributed by atoms with Crippen LogP contribution in [0.25, 0.3) is 0 Å². The molecule has 0 aromatic heterocycles. The molecule has 4 rings (SSSR count). The van der Waals surface area contributed by atoms with Gasteiger partial charge in [0.1, 0.15) is 34.7 Å². The Balaban J connectivity index is 1.61. The van der Waals surface area contributed by atoms with Crippen molar-refractivity contribution in [2.75, 3.05) is 6.61 Å². The SMILES string of the molecule is N#CC1=C(N)Oc2cc(OC(=O)COc3ccccc3)ccc2C1c1c(F)cccc1Cl. The molecule has 8 heteroatoms. The van der Waals surface area contributed by atoms with E-state index in [1.54, 1.807) is 30.3 Å². The quantitative estimate of drug-likeness (QED) is 0.448. The minimum atomic E-state index is -0.872. The van der Waals surface area contributed by atoms with Crippen molar-refractivity contribution in [1.29, 1.82) is 5.26 Å². The summed E-state index contributed by atoms with van der Waals surface area (Å²) in [6.07, 6.45) is 0. The highest BCUT2D eigenvalue weighted by Crippen LogP contribution is 2.45. The predicted octanol–water partition coefficient (Wildman–Crippen LogP) is 4.68. The molecule has 0 aliphatic carbocycles. The van der Waals surface area contributed by atoms with Gasteiger partial charge in [-0.1, -0.05) is 41.9 Å². The Morgan fingerprint density at radius 1 is 1.12 bits per heavy atom. The maximum Gasteiger partial charge on any atom is 0.349 e. The molecule has 0 amide bonds. The molecule has 0 bridgehead atoms. The minimum Gasteiger partial charge on any atom is -0.482 e. The van der Waals surface area contributed by atoms with Crippen LogP contribution in [0, 0.1) is 17.1 Å². The van der Waals surface area contributed by atoms with Crippen molar-refractivity contribution in [1.82, 2.24) is 0 Å². The van der Waals surface area contributed by atoms with E-state index < -0.39 is 17.7 Å². The largest absolute Gasteiger partial charge is 0.482 e. The first-order valence-corrected chi connectivity index (χ1v) is 9.89. The fourth-order valence-electron chi connectivity index (χ4n) is 3.40. The molecule has 0 fully saturated rings. The number of rotatable bonds is 5. The van der Waals surface area contributed by atoms with E-state index in [4.69, 9.17) is 31.5 Å². The van der Waals surface area contributed by atoms with Crippen molar-refractivity contribution in [3.05, 3.63) is 100 Å². The number of esters is 1. The van der Waals surface area contributed by atoms with Crippen LogP contribution in [0.2, 0.25) is 5.02 Å².